The second-order valence-corrected chi connectivity index (χ2v) is 6.84. The van der Waals surface area contributed by atoms with Gasteiger partial charge in [-0.05, 0) is 43.5 Å². The number of carbonyl (C=O) groups is 2. The zero-order chi connectivity index (χ0) is 21.9. The summed E-state index contributed by atoms with van der Waals surface area (Å²) in [6.45, 7) is 2.64. The number of hydrogen-bond acceptors (Lipinski definition) is 6. The number of alkyl halides is 3. The number of phenols is 1. The number of phenolic OH excluding ortho intramolecular Hbond substituents is 1. The Morgan fingerprint density at radius 2 is 1.79 bits per heavy atom. The first-order valence-electron chi connectivity index (χ1n) is 8.77. The maximum Gasteiger partial charge on any atom is 0.398 e. The Morgan fingerprint density at radius 1 is 1.14 bits per heavy atom. The quantitative estimate of drug-likeness (QED) is 0.564. The van der Waals surface area contributed by atoms with Crippen molar-refractivity contribution in [1.29, 1.82) is 0 Å². The van der Waals surface area contributed by atoms with Gasteiger partial charge in [0.2, 0.25) is 0 Å². The fraction of sp³-hybridized carbons (Fsp3) is 0.400. The smallest absolute Gasteiger partial charge is 0.398 e. The van der Waals surface area contributed by atoms with Gasteiger partial charge in [0.15, 0.2) is 5.78 Å². The van der Waals surface area contributed by atoms with Crippen LogP contribution in [0.25, 0.3) is 6.08 Å². The number of cyclic esters (lactones) is 1. The molecule has 0 spiro atoms. The predicted octanol–water partition coefficient (Wildman–Crippen LogP) is 2.69. The molecule has 0 fully saturated rings. The number of fused-ring (bicyclic) bond motifs is 1. The minimum absolute atomic E-state index is 0.156. The third-order valence-corrected chi connectivity index (χ3v) is 4.47. The van der Waals surface area contributed by atoms with Crippen LogP contribution in [0.3, 0.4) is 0 Å². The van der Waals surface area contributed by atoms with E-state index in [9.17, 15) is 38.1 Å². The topological polar surface area (TPSA) is 104 Å². The molecule has 6 nitrogen and oxygen atoms in total. The number of aromatic hydroxyl groups is 1. The Labute approximate surface area is 164 Å². The van der Waals surface area contributed by atoms with Gasteiger partial charge in [-0.2, -0.15) is 13.2 Å². The number of ether oxygens (including phenoxy) is 1. The van der Waals surface area contributed by atoms with Crippen LogP contribution in [0.4, 0.5) is 13.2 Å². The van der Waals surface area contributed by atoms with Crippen molar-refractivity contribution in [3.8, 4) is 5.75 Å². The number of ketones is 1. The molecule has 9 heteroatoms. The van der Waals surface area contributed by atoms with Crippen LogP contribution in [0.5, 0.6) is 5.75 Å². The largest absolute Gasteiger partial charge is 0.507 e. The molecule has 0 aliphatic carbocycles. The first-order chi connectivity index (χ1) is 13.4. The van der Waals surface area contributed by atoms with Crippen molar-refractivity contribution in [2.24, 2.45) is 5.92 Å². The molecule has 0 radical (unpaired) electrons. The van der Waals surface area contributed by atoms with E-state index in [4.69, 9.17) is 4.74 Å². The molecule has 1 heterocycles. The number of aryl methyl sites for hydroxylation is 1. The van der Waals surface area contributed by atoms with Crippen LogP contribution in [0.1, 0.15) is 34.8 Å². The molecule has 1 aromatic carbocycles. The number of aliphatic hydroxyl groups excluding tert-OH is 2. The van der Waals surface area contributed by atoms with E-state index in [1.807, 2.05) is 0 Å². The standard InChI is InChI=1S/C20H21F3O6/c1-10-8-12-4-3-5-14(24)18(27)15(25)7-6-13(20(21,22)23)11(2)29-19(28)17(12)16(26)9-10/h3-4,6-9,11,13-14,18,24,26-27H,5H2,1-2H3/b4-3+,7-6-/t11-,13+,14-,18-/m0/s1. The zero-order valence-corrected chi connectivity index (χ0v) is 15.7. The molecule has 0 saturated carbocycles. The molecular formula is C20H21F3O6. The highest BCUT2D eigenvalue weighted by Crippen LogP contribution is 2.33. The number of rotatable bonds is 0. The van der Waals surface area contributed by atoms with Crippen molar-refractivity contribution in [1.82, 2.24) is 0 Å². The van der Waals surface area contributed by atoms with Gasteiger partial charge in [-0.25, -0.2) is 4.79 Å². The molecule has 0 saturated heterocycles. The number of aliphatic hydroxyl groups is 2. The van der Waals surface area contributed by atoms with Crippen LogP contribution < -0.4 is 0 Å². The average molecular weight is 414 g/mol. The number of hydrogen-bond donors (Lipinski definition) is 3. The molecule has 1 aliphatic heterocycles. The molecule has 0 unspecified atom stereocenters. The van der Waals surface area contributed by atoms with E-state index >= 15 is 0 Å². The second kappa shape index (κ2) is 8.79. The van der Waals surface area contributed by atoms with Gasteiger partial charge in [0.05, 0.1) is 6.10 Å². The average Bonchev–Trinajstić information content (AvgIpc) is 2.58. The summed E-state index contributed by atoms with van der Waals surface area (Å²) in [7, 11) is 0. The summed E-state index contributed by atoms with van der Waals surface area (Å²) in [4.78, 5) is 24.4. The van der Waals surface area contributed by atoms with Gasteiger partial charge in [-0.15, -0.1) is 0 Å². The lowest BCUT2D eigenvalue weighted by Crippen LogP contribution is -2.36. The minimum Gasteiger partial charge on any atom is -0.507 e. The Hall–Kier alpha value is -2.65. The Bertz CT molecular complexity index is 843. The van der Waals surface area contributed by atoms with E-state index in [-0.39, 0.29) is 17.5 Å². The van der Waals surface area contributed by atoms with E-state index in [0.717, 1.165) is 6.92 Å². The molecule has 2 rings (SSSR count). The molecule has 3 N–H and O–H groups in total. The lowest BCUT2D eigenvalue weighted by atomic mass is 9.97. The van der Waals surface area contributed by atoms with Gasteiger partial charge in [0, 0.05) is 0 Å². The summed E-state index contributed by atoms with van der Waals surface area (Å²) in [5, 5.41) is 29.9. The highest BCUT2D eigenvalue weighted by molar-refractivity contribution is 5.97. The maximum absolute atomic E-state index is 13.4. The van der Waals surface area contributed by atoms with Crippen LogP contribution in [-0.4, -0.2) is 51.6 Å². The third-order valence-electron chi connectivity index (χ3n) is 4.47. The number of carbonyl (C=O) groups excluding carboxylic acids is 2. The van der Waals surface area contributed by atoms with Crippen molar-refractivity contribution in [3.05, 3.63) is 47.1 Å². The Balaban J connectivity index is 2.57. The minimum atomic E-state index is -4.85. The summed E-state index contributed by atoms with van der Waals surface area (Å²) in [5.74, 6) is -5.08. The fourth-order valence-corrected chi connectivity index (χ4v) is 2.93. The van der Waals surface area contributed by atoms with Gasteiger partial charge < -0.3 is 20.1 Å². The summed E-state index contributed by atoms with van der Waals surface area (Å²) < 4.78 is 45.1. The van der Waals surface area contributed by atoms with Crippen LogP contribution in [0.15, 0.2) is 30.4 Å². The van der Waals surface area contributed by atoms with E-state index in [1.165, 1.54) is 24.3 Å². The number of benzene rings is 1. The van der Waals surface area contributed by atoms with Crippen molar-refractivity contribution >= 4 is 17.8 Å². The van der Waals surface area contributed by atoms with E-state index < -0.39 is 47.9 Å². The normalized spacial score (nSPS) is 28.8. The lowest BCUT2D eigenvalue weighted by Gasteiger charge is -2.24. The fourth-order valence-electron chi connectivity index (χ4n) is 2.93. The van der Waals surface area contributed by atoms with E-state index in [1.54, 1.807) is 6.92 Å². The van der Waals surface area contributed by atoms with Crippen molar-refractivity contribution in [3.63, 3.8) is 0 Å². The lowest BCUT2D eigenvalue weighted by molar-refractivity contribution is -0.182. The molecule has 1 aliphatic rings. The number of halogens is 3. The van der Waals surface area contributed by atoms with Gasteiger partial charge in [0.25, 0.3) is 0 Å². The Kier molecular flexibility index (Phi) is 6.86. The predicted molar refractivity (Wildman–Crippen MR) is 97.1 cm³/mol. The van der Waals surface area contributed by atoms with E-state index in [2.05, 4.69) is 0 Å². The van der Waals surface area contributed by atoms with Crippen molar-refractivity contribution < 1.29 is 42.8 Å². The molecule has 29 heavy (non-hydrogen) atoms. The van der Waals surface area contributed by atoms with E-state index in [0.29, 0.717) is 17.7 Å². The first kappa shape index (κ1) is 22.6. The number of esters is 1. The molecule has 4 atom stereocenters. The zero-order valence-electron chi connectivity index (χ0n) is 15.7. The summed E-state index contributed by atoms with van der Waals surface area (Å²) in [6, 6.07) is 2.76. The summed E-state index contributed by atoms with van der Waals surface area (Å²) >= 11 is 0. The van der Waals surface area contributed by atoms with Crippen molar-refractivity contribution in [2.75, 3.05) is 0 Å². The SMILES string of the molecule is Cc1cc(O)c2c(c1)/C=C/C[C@H](O)[C@H](O)C(=O)/C=C\[C@@H](C(F)(F)F)[C@H](C)OC2=O. The molecule has 0 aromatic heterocycles. The van der Waals surface area contributed by atoms with Gasteiger partial charge in [0.1, 0.15) is 29.4 Å². The highest BCUT2D eigenvalue weighted by atomic mass is 19.4. The highest BCUT2D eigenvalue weighted by Gasteiger charge is 2.43. The molecule has 1 aromatic rings. The Morgan fingerprint density at radius 3 is 2.41 bits per heavy atom. The van der Waals surface area contributed by atoms with Crippen LogP contribution in [0.2, 0.25) is 0 Å². The maximum atomic E-state index is 13.4. The summed E-state index contributed by atoms with van der Waals surface area (Å²) in [5.41, 5.74) is 0.399. The molecular weight excluding hydrogens is 393 g/mol. The molecule has 158 valence electrons. The third kappa shape index (κ3) is 5.45. The van der Waals surface area contributed by atoms with Gasteiger partial charge >= 0.3 is 12.1 Å². The van der Waals surface area contributed by atoms with Gasteiger partial charge in [-0.3, -0.25) is 4.79 Å². The van der Waals surface area contributed by atoms with Crippen LogP contribution in [-0.2, 0) is 9.53 Å². The van der Waals surface area contributed by atoms with Crippen LogP contribution in [0, 0.1) is 12.8 Å². The van der Waals surface area contributed by atoms with Crippen molar-refractivity contribution in [2.45, 2.75) is 44.8 Å². The monoisotopic (exact) mass is 414 g/mol. The van der Waals surface area contributed by atoms with Crippen LogP contribution >= 0.6 is 0 Å². The molecule has 0 amide bonds. The second-order valence-electron chi connectivity index (χ2n) is 6.84. The first-order valence-corrected chi connectivity index (χ1v) is 8.77. The molecule has 0 bridgehead atoms. The summed E-state index contributed by atoms with van der Waals surface area (Å²) in [6.07, 6.45) is -6.58. The van der Waals surface area contributed by atoms with Gasteiger partial charge in [-0.1, -0.05) is 24.3 Å².